The van der Waals surface area contributed by atoms with Crippen molar-refractivity contribution in [2.75, 3.05) is 11.1 Å². The van der Waals surface area contributed by atoms with Gasteiger partial charge in [0.15, 0.2) is 5.13 Å². The van der Waals surface area contributed by atoms with Crippen LogP contribution in [0.1, 0.15) is 46.4 Å². The first-order valence-electron chi connectivity index (χ1n) is 9.70. The number of rotatable bonds is 7. The number of carbonyl (C=O) groups is 2. The fraction of sp³-hybridized carbons (Fsp3) is 0.227. The standard InChI is InChI=1S/C22H23F2N5O2S/c1-11(25)22(2,3)29-20(31)12-7-9-13(10-8-12)27-21-28-19(26)18(32-21)17(30)16-14(23)5-4-6-15(16)24/h4-11H,25-26H2,1-3H3,(H,27,28)(H,29,31). The van der Waals surface area contributed by atoms with Crippen molar-refractivity contribution in [3.63, 3.8) is 0 Å². The number of amides is 1. The molecule has 3 rings (SSSR count). The van der Waals surface area contributed by atoms with Crippen molar-refractivity contribution in [1.82, 2.24) is 10.3 Å². The number of hydrogen-bond donors (Lipinski definition) is 4. The molecule has 1 aromatic heterocycles. The van der Waals surface area contributed by atoms with Gasteiger partial charge in [0.1, 0.15) is 22.3 Å². The van der Waals surface area contributed by atoms with E-state index in [1.807, 2.05) is 20.8 Å². The minimum atomic E-state index is -0.974. The smallest absolute Gasteiger partial charge is 0.251 e. The molecule has 0 aliphatic rings. The summed E-state index contributed by atoms with van der Waals surface area (Å²) in [6, 6.07) is 9.48. The van der Waals surface area contributed by atoms with Crippen LogP contribution in [0.2, 0.25) is 0 Å². The SMILES string of the molecule is CC(N)C(C)(C)NC(=O)c1ccc(Nc2nc(N)c(C(=O)c3c(F)cccc3F)s2)cc1. The number of nitrogens with two attached hydrogens (primary N) is 2. The van der Waals surface area contributed by atoms with E-state index >= 15 is 0 Å². The van der Waals surface area contributed by atoms with Crippen molar-refractivity contribution in [3.05, 3.63) is 70.1 Å². The van der Waals surface area contributed by atoms with Gasteiger partial charge in [0.05, 0.1) is 5.56 Å². The molecule has 0 saturated carbocycles. The van der Waals surface area contributed by atoms with E-state index in [1.54, 1.807) is 24.3 Å². The van der Waals surface area contributed by atoms with Crippen LogP contribution in [-0.2, 0) is 0 Å². The van der Waals surface area contributed by atoms with Crippen molar-refractivity contribution < 1.29 is 18.4 Å². The number of aromatic nitrogens is 1. The van der Waals surface area contributed by atoms with Crippen molar-refractivity contribution in [2.45, 2.75) is 32.4 Å². The van der Waals surface area contributed by atoms with Crippen LogP contribution >= 0.6 is 11.3 Å². The predicted molar refractivity (Wildman–Crippen MR) is 121 cm³/mol. The fourth-order valence-electron chi connectivity index (χ4n) is 2.68. The zero-order valence-electron chi connectivity index (χ0n) is 17.7. The average Bonchev–Trinajstić information content (AvgIpc) is 3.07. The monoisotopic (exact) mass is 459 g/mol. The van der Waals surface area contributed by atoms with Crippen molar-refractivity contribution in [3.8, 4) is 0 Å². The van der Waals surface area contributed by atoms with E-state index in [9.17, 15) is 18.4 Å². The third-order valence-corrected chi connectivity index (χ3v) is 6.01. The van der Waals surface area contributed by atoms with Crippen LogP contribution in [0, 0.1) is 11.6 Å². The molecule has 0 aliphatic carbocycles. The number of carbonyl (C=O) groups excluding carboxylic acids is 2. The Bertz CT molecular complexity index is 1140. The molecule has 1 atom stereocenters. The van der Waals surface area contributed by atoms with Gasteiger partial charge in [-0.15, -0.1) is 0 Å². The summed E-state index contributed by atoms with van der Waals surface area (Å²) < 4.78 is 27.9. The van der Waals surface area contributed by atoms with E-state index in [2.05, 4.69) is 15.6 Å². The van der Waals surface area contributed by atoms with Crippen LogP contribution in [-0.4, -0.2) is 28.3 Å². The van der Waals surface area contributed by atoms with Crippen LogP contribution in [0.25, 0.3) is 0 Å². The quantitative estimate of drug-likeness (QED) is 0.398. The Labute approximate surface area is 187 Å². The molecule has 32 heavy (non-hydrogen) atoms. The number of ketones is 1. The summed E-state index contributed by atoms with van der Waals surface area (Å²) in [5.74, 6) is -3.24. The molecule has 10 heteroatoms. The van der Waals surface area contributed by atoms with Crippen LogP contribution in [0.4, 0.5) is 25.4 Å². The van der Waals surface area contributed by atoms with Gasteiger partial charge in [0.25, 0.3) is 5.91 Å². The maximum atomic E-state index is 13.9. The molecule has 1 heterocycles. The molecule has 168 valence electrons. The molecule has 0 fully saturated rings. The van der Waals surface area contributed by atoms with Crippen LogP contribution in [0.3, 0.4) is 0 Å². The lowest BCUT2D eigenvalue weighted by molar-refractivity contribution is 0.0903. The molecule has 0 bridgehead atoms. The van der Waals surface area contributed by atoms with Crippen LogP contribution in [0.15, 0.2) is 42.5 Å². The first kappa shape index (κ1) is 23.3. The number of benzene rings is 2. The number of thiazole rings is 1. The van der Waals surface area contributed by atoms with Crippen LogP contribution in [0.5, 0.6) is 0 Å². The Morgan fingerprint density at radius 1 is 1.09 bits per heavy atom. The molecule has 0 spiro atoms. The topological polar surface area (TPSA) is 123 Å². The number of nitrogens with one attached hydrogen (secondary N) is 2. The molecule has 3 aromatic rings. The van der Waals surface area contributed by atoms with E-state index in [-0.39, 0.29) is 27.8 Å². The van der Waals surface area contributed by atoms with Gasteiger partial charge < -0.3 is 22.1 Å². The molecule has 0 radical (unpaired) electrons. The van der Waals surface area contributed by atoms with Gasteiger partial charge in [0.2, 0.25) is 5.78 Å². The zero-order valence-corrected chi connectivity index (χ0v) is 18.5. The summed E-state index contributed by atoms with van der Waals surface area (Å²) in [6.07, 6.45) is 0. The lowest BCUT2D eigenvalue weighted by atomic mass is 9.96. The van der Waals surface area contributed by atoms with E-state index in [0.29, 0.717) is 11.3 Å². The second-order valence-electron chi connectivity index (χ2n) is 7.83. The summed E-state index contributed by atoms with van der Waals surface area (Å²) in [4.78, 5) is 29.0. The summed E-state index contributed by atoms with van der Waals surface area (Å²) >= 11 is 0.873. The van der Waals surface area contributed by atoms with Gasteiger partial charge in [-0.05, 0) is 57.2 Å². The average molecular weight is 460 g/mol. The Morgan fingerprint density at radius 3 is 2.25 bits per heavy atom. The Morgan fingerprint density at radius 2 is 1.69 bits per heavy atom. The molecule has 1 amide bonds. The van der Waals surface area contributed by atoms with Gasteiger partial charge in [-0.1, -0.05) is 17.4 Å². The number of nitrogens with zero attached hydrogens (tertiary/aromatic N) is 1. The van der Waals surface area contributed by atoms with Gasteiger partial charge in [0, 0.05) is 22.8 Å². The number of hydrogen-bond acceptors (Lipinski definition) is 7. The van der Waals surface area contributed by atoms with Crippen molar-refractivity contribution in [2.24, 2.45) is 5.73 Å². The van der Waals surface area contributed by atoms with E-state index in [4.69, 9.17) is 11.5 Å². The summed E-state index contributed by atoms with van der Waals surface area (Å²) in [5, 5.41) is 6.11. The highest BCUT2D eigenvalue weighted by atomic mass is 32.1. The fourth-order valence-corrected chi connectivity index (χ4v) is 3.53. The number of anilines is 3. The Balaban J connectivity index is 1.75. The summed E-state index contributed by atoms with van der Waals surface area (Å²) in [6.45, 7) is 5.49. The van der Waals surface area contributed by atoms with Gasteiger partial charge >= 0.3 is 0 Å². The normalized spacial score (nSPS) is 12.3. The zero-order chi connectivity index (χ0) is 23.6. The number of halogens is 2. The maximum Gasteiger partial charge on any atom is 0.251 e. The molecule has 2 aromatic carbocycles. The Hall–Kier alpha value is -3.37. The first-order valence-corrected chi connectivity index (χ1v) is 10.5. The molecular weight excluding hydrogens is 436 g/mol. The van der Waals surface area contributed by atoms with Gasteiger partial charge in [-0.2, -0.15) is 0 Å². The lowest BCUT2D eigenvalue weighted by Gasteiger charge is -2.30. The number of nitrogen functional groups attached to an aromatic ring is 1. The molecule has 1 unspecified atom stereocenters. The second-order valence-corrected chi connectivity index (χ2v) is 8.83. The van der Waals surface area contributed by atoms with Crippen molar-refractivity contribution in [1.29, 1.82) is 0 Å². The van der Waals surface area contributed by atoms with E-state index in [1.165, 1.54) is 6.07 Å². The minimum absolute atomic E-state index is 0.0781. The summed E-state index contributed by atoms with van der Waals surface area (Å²) in [7, 11) is 0. The minimum Gasteiger partial charge on any atom is -0.382 e. The lowest BCUT2D eigenvalue weighted by Crippen LogP contribution is -2.54. The van der Waals surface area contributed by atoms with Gasteiger partial charge in [-0.3, -0.25) is 9.59 Å². The molecular formula is C22H23F2N5O2S. The molecule has 6 N–H and O–H groups in total. The highest BCUT2D eigenvalue weighted by Crippen LogP contribution is 2.31. The Kier molecular flexibility index (Phi) is 6.56. The maximum absolute atomic E-state index is 13.9. The first-order chi connectivity index (χ1) is 15.0. The molecule has 7 nitrogen and oxygen atoms in total. The molecule has 0 saturated heterocycles. The predicted octanol–water partition coefficient (Wildman–Crippen LogP) is 3.83. The van der Waals surface area contributed by atoms with Crippen molar-refractivity contribution >= 4 is 39.7 Å². The largest absolute Gasteiger partial charge is 0.382 e. The molecule has 0 aliphatic heterocycles. The highest BCUT2D eigenvalue weighted by molar-refractivity contribution is 7.18. The third kappa shape index (κ3) is 4.92. The van der Waals surface area contributed by atoms with E-state index in [0.717, 1.165) is 23.5 Å². The van der Waals surface area contributed by atoms with Crippen LogP contribution < -0.4 is 22.1 Å². The summed E-state index contributed by atoms with van der Waals surface area (Å²) in [5.41, 5.74) is 11.5. The second kappa shape index (κ2) is 9.01. The van der Waals surface area contributed by atoms with Gasteiger partial charge in [-0.25, -0.2) is 13.8 Å². The van der Waals surface area contributed by atoms with E-state index < -0.39 is 28.5 Å². The third-order valence-electron chi connectivity index (χ3n) is 5.02. The highest BCUT2D eigenvalue weighted by Gasteiger charge is 2.26.